The molecule has 0 aliphatic heterocycles. The summed E-state index contributed by atoms with van der Waals surface area (Å²) in [6.07, 6.45) is 3.41. The van der Waals surface area contributed by atoms with Crippen LogP contribution in [-0.4, -0.2) is 41.0 Å². The molecule has 2 rings (SSSR count). The summed E-state index contributed by atoms with van der Waals surface area (Å²) in [5.74, 6) is -0.638. The molecule has 1 aromatic heterocycles. The van der Waals surface area contributed by atoms with E-state index in [1.165, 1.54) is 0 Å². The lowest BCUT2D eigenvalue weighted by molar-refractivity contribution is -0.143. The Kier molecular flexibility index (Phi) is 9.37. The van der Waals surface area contributed by atoms with E-state index in [2.05, 4.69) is 20.9 Å². The maximum Gasteiger partial charge on any atom is 0.308 e. The fraction of sp³-hybridized carbons (Fsp3) is 0.286. The van der Waals surface area contributed by atoms with E-state index in [0.717, 1.165) is 11.3 Å². The Hall–Kier alpha value is -3.53. The molecule has 0 radical (unpaired) electrons. The van der Waals surface area contributed by atoms with Gasteiger partial charge < -0.3 is 26.4 Å². The Bertz CT molecular complexity index is 905. The predicted octanol–water partition coefficient (Wildman–Crippen LogP) is 1.85. The van der Waals surface area contributed by atoms with Gasteiger partial charge in [0.1, 0.15) is 5.84 Å². The number of esters is 1. The molecule has 1 heterocycles. The van der Waals surface area contributed by atoms with E-state index in [9.17, 15) is 9.59 Å². The minimum absolute atomic E-state index is 0.00851. The van der Waals surface area contributed by atoms with Crippen LogP contribution in [0.4, 0.5) is 5.69 Å². The highest BCUT2D eigenvalue weighted by atomic mass is 32.1. The Labute approximate surface area is 186 Å². The number of amidine groups is 1. The summed E-state index contributed by atoms with van der Waals surface area (Å²) in [5, 5.41) is 16.6. The lowest BCUT2D eigenvalue weighted by atomic mass is 10.1. The largest absolute Gasteiger partial charge is 0.466 e. The monoisotopic (exact) mass is 442 g/mol. The van der Waals surface area contributed by atoms with Gasteiger partial charge in [0.15, 0.2) is 5.11 Å². The molecule has 2 aromatic rings. The number of nitrogen functional groups attached to an aromatic ring is 1. The van der Waals surface area contributed by atoms with Crippen molar-refractivity contribution in [1.82, 2.24) is 15.6 Å². The van der Waals surface area contributed by atoms with Gasteiger partial charge in [-0.05, 0) is 55.0 Å². The van der Waals surface area contributed by atoms with E-state index >= 15 is 0 Å². The zero-order chi connectivity index (χ0) is 22.6. The van der Waals surface area contributed by atoms with E-state index in [1.807, 2.05) is 0 Å². The molecule has 0 saturated heterocycles. The molecule has 0 fully saturated rings. The molecule has 6 N–H and O–H groups in total. The highest BCUT2D eigenvalue weighted by molar-refractivity contribution is 7.80. The van der Waals surface area contributed by atoms with Crippen LogP contribution < -0.4 is 21.7 Å². The quantitative estimate of drug-likeness (QED) is 0.162. The number of carbonyl (C=O) groups excluding carboxylic acids is 2. The zero-order valence-corrected chi connectivity index (χ0v) is 18.0. The normalized spacial score (nSPS) is 11.1. The van der Waals surface area contributed by atoms with Crippen LogP contribution in [-0.2, 0) is 14.3 Å². The first-order valence-corrected chi connectivity index (χ1v) is 10.1. The number of benzene rings is 1. The summed E-state index contributed by atoms with van der Waals surface area (Å²) in [6.45, 7) is 2.32. The van der Waals surface area contributed by atoms with Crippen molar-refractivity contribution in [2.75, 3.05) is 18.5 Å². The molecule has 0 aliphatic carbocycles. The number of amides is 1. The first-order valence-electron chi connectivity index (χ1n) is 9.73. The van der Waals surface area contributed by atoms with Crippen LogP contribution in [0.2, 0.25) is 0 Å². The predicted molar refractivity (Wildman–Crippen MR) is 123 cm³/mol. The SMILES string of the molecule is CCOC(=O)CC(NC(=O)CCNC(=S)Nc1ccc(C(=N)N)cc1)c1cccnc1. The average Bonchev–Trinajstić information content (AvgIpc) is 2.74. The number of ether oxygens (including phenoxy) is 1. The number of aromatic nitrogens is 1. The minimum Gasteiger partial charge on any atom is -0.466 e. The van der Waals surface area contributed by atoms with Crippen molar-refractivity contribution in [1.29, 1.82) is 5.41 Å². The van der Waals surface area contributed by atoms with Crippen LogP contribution in [0.1, 0.15) is 36.9 Å². The molecular weight excluding hydrogens is 416 g/mol. The minimum atomic E-state index is -0.523. The number of nitrogens with zero attached hydrogens (tertiary/aromatic N) is 1. The molecule has 164 valence electrons. The number of nitrogens with one attached hydrogen (secondary N) is 4. The smallest absolute Gasteiger partial charge is 0.308 e. The second-order valence-electron chi connectivity index (χ2n) is 6.54. The van der Waals surface area contributed by atoms with Gasteiger partial charge in [-0.1, -0.05) is 6.07 Å². The number of carbonyl (C=O) groups is 2. The van der Waals surface area contributed by atoms with Crippen molar-refractivity contribution in [2.45, 2.75) is 25.8 Å². The third-order valence-electron chi connectivity index (χ3n) is 4.19. The highest BCUT2D eigenvalue weighted by Gasteiger charge is 2.19. The lowest BCUT2D eigenvalue weighted by Gasteiger charge is -2.18. The van der Waals surface area contributed by atoms with Crippen LogP contribution in [0.5, 0.6) is 0 Å². The Morgan fingerprint density at radius 3 is 2.61 bits per heavy atom. The van der Waals surface area contributed by atoms with Gasteiger partial charge in [0, 0.05) is 36.6 Å². The van der Waals surface area contributed by atoms with Crippen LogP contribution in [0.15, 0.2) is 48.8 Å². The van der Waals surface area contributed by atoms with E-state index in [1.54, 1.807) is 55.7 Å². The van der Waals surface area contributed by atoms with E-state index in [-0.39, 0.29) is 31.2 Å². The fourth-order valence-corrected chi connectivity index (χ4v) is 2.91. The first kappa shape index (κ1) is 23.7. The molecule has 31 heavy (non-hydrogen) atoms. The van der Waals surface area contributed by atoms with Gasteiger partial charge in [-0.2, -0.15) is 0 Å². The Morgan fingerprint density at radius 1 is 1.26 bits per heavy atom. The van der Waals surface area contributed by atoms with Crippen molar-refractivity contribution in [3.8, 4) is 0 Å². The number of thiocarbonyl (C=S) groups is 1. The third kappa shape index (κ3) is 8.39. The van der Waals surface area contributed by atoms with E-state index < -0.39 is 12.0 Å². The van der Waals surface area contributed by atoms with Crippen molar-refractivity contribution < 1.29 is 14.3 Å². The molecule has 1 unspecified atom stereocenters. The molecule has 0 aliphatic rings. The molecule has 9 nitrogen and oxygen atoms in total. The standard InChI is InChI=1S/C21H26N6O3S/c1-2-30-19(29)12-17(15-4-3-10-24-13-15)27-18(28)9-11-25-21(31)26-16-7-5-14(6-8-16)20(22)23/h3-8,10,13,17H,2,9,11-12H2,1H3,(H3,22,23)(H,27,28)(H2,25,26,31). The lowest BCUT2D eigenvalue weighted by Crippen LogP contribution is -2.35. The molecular formula is C21H26N6O3S. The van der Waals surface area contributed by atoms with Gasteiger partial charge in [0.25, 0.3) is 0 Å². The maximum atomic E-state index is 12.4. The van der Waals surface area contributed by atoms with E-state index in [4.69, 9.17) is 28.1 Å². The number of rotatable bonds is 10. The molecule has 10 heteroatoms. The van der Waals surface area contributed by atoms with Gasteiger partial charge >= 0.3 is 5.97 Å². The number of anilines is 1. The number of hydrogen-bond acceptors (Lipinski definition) is 6. The van der Waals surface area contributed by atoms with Crippen LogP contribution in [0.3, 0.4) is 0 Å². The summed E-state index contributed by atoms with van der Waals surface area (Å²) in [7, 11) is 0. The number of hydrogen-bond donors (Lipinski definition) is 5. The molecule has 0 spiro atoms. The van der Waals surface area contributed by atoms with Crippen LogP contribution in [0, 0.1) is 5.41 Å². The summed E-state index contributed by atoms with van der Waals surface area (Å²) >= 11 is 5.23. The Morgan fingerprint density at radius 2 is 2.00 bits per heavy atom. The summed E-state index contributed by atoms with van der Waals surface area (Å²) in [4.78, 5) is 28.3. The van der Waals surface area contributed by atoms with Crippen LogP contribution >= 0.6 is 12.2 Å². The van der Waals surface area contributed by atoms with Crippen molar-refractivity contribution >= 4 is 40.7 Å². The number of pyridine rings is 1. The Balaban J connectivity index is 1.82. The maximum absolute atomic E-state index is 12.4. The molecule has 0 saturated carbocycles. The molecule has 1 amide bonds. The van der Waals surface area contributed by atoms with Gasteiger partial charge in [0.2, 0.25) is 5.91 Å². The van der Waals surface area contributed by atoms with Crippen LogP contribution in [0.25, 0.3) is 0 Å². The third-order valence-corrected chi connectivity index (χ3v) is 4.44. The first-order chi connectivity index (χ1) is 14.9. The average molecular weight is 443 g/mol. The summed E-state index contributed by atoms with van der Waals surface area (Å²) in [6, 6.07) is 9.95. The highest BCUT2D eigenvalue weighted by Crippen LogP contribution is 2.16. The second kappa shape index (κ2) is 12.2. The molecule has 0 bridgehead atoms. The van der Waals surface area contributed by atoms with Gasteiger partial charge in [-0.3, -0.25) is 20.0 Å². The fourth-order valence-electron chi connectivity index (χ4n) is 2.69. The molecule has 1 atom stereocenters. The van der Waals surface area contributed by atoms with E-state index in [0.29, 0.717) is 17.2 Å². The van der Waals surface area contributed by atoms with Crippen molar-refractivity contribution in [3.63, 3.8) is 0 Å². The molecule has 1 aromatic carbocycles. The van der Waals surface area contributed by atoms with Gasteiger partial charge in [-0.15, -0.1) is 0 Å². The van der Waals surface area contributed by atoms with Crippen molar-refractivity contribution in [3.05, 3.63) is 59.9 Å². The second-order valence-corrected chi connectivity index (χ2v) is 6.95. The summed E-state index contributed by atoms with van der Waals surface area (Å²) < 4.78 is 5.00. The number of nitrogens with two attached hydrogens (primary N) is 1. The topological polar surface area (TPSA) is 142 Å². The zero-order valence-electron chi connectivity index (χ0n) is 17.2. The van der Waals surface area contributed by atoms with Gasteiger partial charge in [-0.25, -0.2) is 0 Å². The van der Waals surface area contributed by atoms with Gasteiger partial charge in [0.05, 0.1) is 19.1 Å². The summed E-state index contributed by atoms with van der Waals surface area (Å²) in [5.41, 5.74) is 7.51. The van der Waals surface area contributed by atoms with Crippen molar-refractivity contribution in [2.24, 2.45) is 5.73 Å².